The molecule has 23 rings (SSSR count). The Hall–Kier alpha value is -11.0. The van der Waals surface area contributed by atoms with Crippen LogP contribution in [0.5, 0.6) is 17.2 Å². The van der Waals surface area contributed by atoms with Gasteiger partial charge in [-0.05, 0) is 185 Å². The number of phenols is 1. The van der Waals surface area contributed by atoms with Crippen molar-refractivity contribution in [3.63, 3.8) is 0 Å². The third-order valence-corrected chi connectivity index (χ3v) is 27.3. The molecule has 7 aromatic carbocycles. The van der Waals surface area contributed by atoms with E-state index in [1.54, 1.807) is 60.7 Å². The number of imidazole rings is 4. The van der Waals surface area contributed by atoms with Gasteiger partial charge in [-0.1, -0.05) is 48.5 Å². The summed E-state index contributed by atoms with van der Waals surface area (Å²) in [5.41, 5.74) is 15.1. The van der Waals surface area contributed by atoms with Crippen LogP contribution < -0.4 is 29.5 Å². The molecule has 7 saturated heterocycles. The minimum atomic E-state index is -3.29. The number of hydrogen-bond acceptors (Lipinski definition) is 19. The molecule has 11 aromatic rings. The second kappa shape index (κ2) is 38.0. The number of phenolic OH excluding ortho intramolecular Hbond substituents is 1. The SMILES string of the molecule is CS(=O)(=O)OC1CCOC1.Fc1cccc2c1C(C1CCN(c3ccc(OC4CCOC4)cc3)CC1)n1cncc1-2.Fc1cccc2c1C(C1CCN(c3ccc(OC4CCOC4)cc3)CC1)n1cncc1-2.Fc1cccc2c1C(C1CCNCC1)n1cncc1-2.O=C1CCC(=O)CC1.Oc1ccc(N2CCC(C3c4c(F)cccc4-c4cncn43)CC2)cc1. The van der Waals surface area contributed by atoms with Crippen LogP contribution in [0.2, 0.25) is 0 Å². The second-order valence-corrected chi connectivity index (χ2v) is 36.1. The van der Waals surface area contributed by atoms with Crippen molar-refractivity contribution in [1.29, 1.82) is 0 Å². The fraction of sp³-hybridized carbons (Fsp3) is 0.423. The zero-order chi connectivity index (χ0) is 85.7. The molecule has 0 amide bonds. The van der Waals surface area contributed by atoms with Crippen molar-refractivity contribution in [2.24, 2.45) is 23.7 Å². The van der Waals surface area contributed by atoms with E-state index in [-0.39, 0.29) is 83.1 Å². The Balaban J connectivity index is 0.000000107. The van der Waals surface area contributed by atoms with E-state index in [1.165, 1.54) is 11.4 Å². The predicted molar refractivity (Wildman–Crippen MR) is 468 cm³/mol. The first kappa shape index (κ1) is 84.8. The first-order chi connectivity index (χ1) is 61.0. The molecule has 7 atom stereocenters. The highest BCUT2D eigenvalue weighted by Crippen LogP contribution is 2.52. The molecule has 0 bridgehead atoms. The van der Waals surface area contributed by atoms with Gasteiger partial charge in [0.2, 0.25) is 0 Å². The number of halogens is 4. The second-order valence-electron chi connectivity index (χ2n) is 34.5. The van der Waals surface area contributed by atoms with Gasteiger partial charge in [0.1, 0.15) is 70.4 Å². The van der Waals surface area contributed by atoms with Crippen LogP contribution >= 0.6 is 0 Å². The van der Waals surface area contributed by atoms with Gasteiger partial charge in [-0.25, -0.2) is 37.5 Å². The van der Waals surface area contributed by atoms with Crippen LogP contribution in [-0.2, 0) is 38.1 Å². The molecule has 15 heterocycles. The highest BCUT2D eigenvalue weighted by Gasteiger charge is 2.43. The number of piperidine rings is 4. The van der Waals surface area contributed by atoms with E-state index in [2.05, 4.69) is 111 Å². The molecule has 654 valence electrons. The number of nitrogens with zero attached hydrogens (tertiary/aromatic N) is 11. The number of rotatable bonds is 13. The standard InChI is InChI=1S/2C25H26FN3O2.C21H20FN3O.C15H16FN3.C6H8O2.C5H10O4S/c2*26-22-3-1-2-21-23-14-27-16-29(23)25(24(21)22)17-8-11-28(12-9-17)18-4-6-19(7-5-18)31-20-10-13-30-15-20;22-18-3-1-2-17-19-12-23-13-25(19)21(20(17)18)14-8-10-24(11-9-14)15-4-6-16(26)7-5-15;16-12-3-1-2-11-13-8-18-9-19(13)15(14(11)12)10-4-6-17-7-5-10;7-5-1-2-6(8)4-3-5;1-10(6,7)9-5-2-3-8-4-5/h2*1-7,14,16-17,20,25H,8-13,15H2;1-7,12-14,21,26H,8-11H2;1-3,8-10,15,17H,4-7H2;1-4H2;5H,2-4H2,1H3. The number of aromatic nitrogens is 8. The number of anilines is 3. The van der Waals surface area contributed by atoms with E-state index in [1.807, 2.05) is 86.5 Å². The van der Waals surface area contributed by atoms with Crippen molar-refractivity contribution in [2.45, 2.75) is 139 Å². The van der Waals surface area contributed by atoms with Crippen LogP contribution in [0.15, 0.2) is 196 Å². The van der Waals surface area contributed by atoms with Gasteiger partial charge >= 0.3 is 0 Å². The zero-order valence-corrected chi connectivity index (χ0v) is 71.0. The van der Waals surface area contributed by atoms with E-state index >= 15 is 0 Å². The van der Waals surface area contributed by atoms with Gasteiger partial charge in [-0.2, -0.15) is 8.42 Å². The summed E-state index contributed by atoms with van der Waals surface area (Å²) in [5, 5.41) is 12.8. The average Bonchev–Trinajstić information content (AvgIpc) is 1.61. The summed E-state index contributed by atoms with van der Waals surface area (Å²) in [6.45, 7) is 11.7. The molecular weight excluding hydrogens is 1620 g/mol. The van der Waals surface area contributed by atoms with Gasteiger partial charge in [0.15, 0.2) is 0 Å². The van der Waals surface area contributed by atoms with Crippen molar-refractivity contribution >= 4 is 38.7 Å². The maximum absolute atomic E-state index is 14.8. The van der Waals surface area contributed by atoms with Crippen LogP contribution in [0.1, 0.15) is 143 Å². The summed E-state index contributed by atoms with van der Waals surface area (Å²) in [5.74, 6) is 3.85. The summed E-state index contributed by atoms with van der Waals surface area (Å²) in [4.78, 5) is 45.3. The minimum Gasteiger partial charge on any atom is -0.508 e. The molecule has 0 radical (unpaired) electrons. The summed E-state index contributed by atoms with van der Waals surface area (Å²) < 4.78 is 121. The molecule has 8 fully saturated rings. The molecule has 0 spiro atoms. The first-order valence-corrected chi connectivity index (χ1v) is 46.0. The van der Waals surface area contributed by atoms with Crippen molar-refractivity contribution in [3.05, 3.63) is 241 Å². The van der Waals surface area contributed by atoms with Gasteiger partial charge in [-0.15, -0.1) is 0 Å². The lowest BCUT2D eigenvalue weighted by Crippen LogP contribution is -2.36. The Labute approximate surface area is 725 Å². The number of ketones is 2. The van der Waals surface area contributed by atoms with Crippen LogP contribution in [-0.4, -0.2) is 180 Å². The molecule has 2 N–H and O–H groups in total. The average molecular weight is 1720 g/mol. The van der Waals surface area contributed by atoms with Gasteiger partial charge in [0.25, 0.3) is 10.1 Å². The number of carbonyl (C=O) groups excluding carboxylic acids is 2. The molecule has 1 saturated carbocycles. The van der Waals surface area contributed by atoms with E-state index in [4.69, 9.17) is 23.7 Å². The Bertz CT molecular complexity index is 5460. The number of benzene rings is 7. The normalized spacial score (nSPS) is 22.4. The van der Waals surface area contributed by atoms with E-state index in [0.717, 1.165) is 221 Å². The maximum atomic E-state index is 14.8. The fourth-order valence-corrected chi connectivity index (χ4v) is 21.2. The summed E-state index contributed by atoms with van der Waals surface area (Å²) >= 11 is 0. The molecule has 28 heteroatoms. The molecule has 125 heavy (non-hydrogen) atoms. The van der Waals surface area contributed by atoms with E-state index in [0.29, 0.717) is 82.2 Å². The van der Waals surface area contributed by atoms with Gasteiger partial charge < -0.3 is 67.1 Å². The molecule has 11 aliphatic heterocycles. The van der Waals surface area contributed by atoms with E-state index in [9.17, 15) is 40.7 Å². The third kappa shape index (κ3) is 18.7. The Kier molecular flexibility index (Phi) is 25.8. The predicted octanol–water partition coefficient (Wildman–Crippen LogP) is 16.6. The highest BCUT2D eigenvalue weighted by atomic mass is 32.2. The fourth-order valence-electron chi connectivity index (χ4n) is 20.5. The molecular formula is C97H106F4N12O11S. The number of fused-ring (bicyclic) bond motifs is 12. The number of aromatic hydroxyl groups is 1. The Morgan fingerprint density at radius 1 is 0.384 bits per heavy atom. The lowest BCUT2D eigenvalue weighted by atomic mass is 9.85. The van der Waals surface area contributed by atoms with Crippen LogP contribution in [0, 0.1) is 46.9 Å². The first-order valence-electron chi connectivity index (χ1n) is 44.2. The molecule has 23 nitrogen and oxygen atoms in total. The minimum absolute atomic E-state index is 0.0330. The summed E-state index contributed by atoms with van der Waals surface area (Å²) in [7, 11) is -3.29. The topological polar surface area (TPSA) is 237 Å². The number of ether oxygens (including phenoxy) is 5. The molecule has 12 aliphatic rings. The number of nitrogens with one attached hydrogen (secondary N) is 1. The summed E-state index contributed by atoms with van der Waals surface area (Å²) in [6.07, 6.45) is 28.7. The number of Topliss-reactive ketones (excluding diaryl/α,β-unsaturated/α-hetero) is 2. The molecule has 4 aromatic heterocycles. The Morgan fingerprint density at radius 3 is 0.960 bits per heavy atom. The zero-order valence-electron chi connectivity index (χ0n) is 70.2. The van der Waals surface area contributed by atoms with Gasteiger partial charge in [0, 0.05) is 152 Å². The van der Waals surface area contributed by atoms with E-state index < -0.39 is 10.1 Å². The van der Waals surface area contributed by atoms with Gasteiger partial charge in [0.05, 0.1) is 136 Å². The van der Waals surface area contributed by atoms with Crippen LogP contribution in [0.4, 0.5) is 34.6 Å². The van der Waals surface area contributed by atoms with Gasteiger partial charge in [-0.3, -0.25) is 13.8 Å². The Morgan fingerprint density at radius 2 is 0.672 bits per heavy atom. The van der Waals surface area contributed by atoms with Crippen molar-refractivity contribution in [2.75, 3.05) is 113 Å². The maximum Gasteiger partial charge on any atom is 0.264 e. The quantitative estimate of drug-likeness (QED) is 0.0806. The number of hydrogen-bond donors (Lipinski definition) is 2. The van der Waals surface area contributed by atoms with Crippen molar-refractivity contribution < 1.29 is 68.5 Å². The molecule has 7 unspecified atom stereocenters. The highest BCUT2D eigenvalue weighted by molar-refractivity contribution is 7.86. The number of carbonyl (C=O) groups is 2. The smallest absolute Gasteiger partial charge is 0.264 e. The van der Waals surface area contributed by atoms with Crippen molar-refractivity contribution in [1.82, 2.24) is 43.5 Å². The molecule has 1 aliphatic carbocycles. The van der Waals surface area contributed by atoms with Crippen molar-refractivity contribution in [3.8, 4) is 62.3 Å². The third-order valence-electron chi connectivity index (χ3n) is 26.7. The lowest BCUT2D eigenvalue weighted by molar-refractivity contribution is -0.128. The summed E-state index contributed by atoms with van der Waals surface area (Å²) in [6, 6.07) is 45.9. The lowest BCUT2D eigenvalue weighted by Gasteiger charge is -2.37. The van der Waals surface area contributed by atoms with Crippen LogP contribution in [0.25, 0.3) is 45.0 Å². The monoisotopic (exact) mass is 1720 g/mol. The van der Waals surface area contributed by atoms with Crippen LogP contribution in [0.3, 0.4) is 0 Å². The largest absolute Gasteiger partial charge is 0.508 e.